The Morgan fingerprint density at radius 3 is 2.64 bits per heavy atom. The molecule has 220 valence electrons. The van der Waals surface area contributed by atoms with Crippen molar-refractivity contribution in [1.82, 2.24) is 5.32 Å². The number of fused-ring (bicyclic) bond motifs is 7. The number of hydrogen-bond acceptors (Lipinski definition) is 5. The Morgan fingerprint density at radius 1 is 1.18 bits per heavy atom. The van der Waals surface area contributed by atoms with Crippen molar-refractivity contribution in [3.63, 3.8) is 0 Å². The molecular weight excluding hydrogens is 490 g/mol. The maximum Gasteiger partial charge on any atom is 0.302 e. The van der Waals surface area contributed by atoms with Gasteiger partial charge in [0.25, 0.3) is 0 Å². The van der Waals surface area contributed by atoms with Gasteiger partial charge >= 0.3 is 5.97 Å². The van der Waals surface area contributed by atoms with Gasteiger partial charge < -0.3 is 19.5 Å². The van der Waals surface area contributed by atoms with E-state index < -0.39 is 5.79 Å². The molecule has 0 radical (unpaired) electrons. The van der Waals surface area contributed by atoms with Crippen LogP contribution in [-0.2, 0) is 23.8 Å². The molecule has 1 saturated heterocycles. The summed E-state index contributed by atoms with van der Waals surface area (Å²) in [5, 5.41) is 2.97. The number of carbonyl (C=O) groups excluding carboxylic acids is 2. The van der Waals surface area contributed by atoms with Crippen LogP contribution < -0.4 is 5.32 Å². The van der Waals surface area contributed by atoms with Crippen molar-refractivity contribution in [3.05, 3.63) is 11.6 Å². The molecule has 11 atom stereocenters. The molecule has 1 heterocycles. The molecule has 0 aromatic rings. The van der Waals surface area contributed by atoms with Crippen molar-refractivity contribution >= 4 is 11.9 Å². The quantitative estimate of drug-likeness (QED) is 0.282. The van der Waals surface area contributed by atoms with Gasteiger partial charge in [-0.15, -0.1) is 0 Å². The van der Waals surface area contributed by atoms with E-state index in [2.05, 4.69) is 46.0 Å². The van der Waals surface area contributed by atoms with E-state index in [4.69, 9.17) is 14.2 Å². The van der Waals surface area contributed by atoms with Gasteiger partial charge in [0.15, 0.2) is 5.79 Å². The molecule has 1 amide bonds. The highest BCUT2D eigenvalue weighted by atomic mass is 16.7. The van der Waals surface area contributed by atoms with Crippen LogP contribution in [0.2, 0.25) is 0 Å². The Labute approximate surface area is 236 Å². The molecule has 6 nitrogen and oxygen atoms in total. The van der Waals surface area contributed by atoms with E-state index >= 15 is 0 Å². The molecule has 2 unspecified atom stereocenters. The van der Waals surface area contributed by atoms with Crippen LogP contribution in [0.3, 0.4) is 0 Å². The zero-order valence-corrected chi connectivity index (χ0v) is 25.5. The number of ether oxygens (including phenoxy) is 3. The van der Waals surface area contributed by atoms with Gasteiger partial charge in [-0.05, 0) is 92.3 Å². The van der Waals surface area contributed by atoms with Crippen LogP contribution in [0.25, 0.3) is 0 Å². The fourth-order valence-electron chi connectivity index (χ4n) is 10.3. The van der Waals surface area contributed by atoms with E-state index in [1.807, 2.05) is 0 Å². The lowest BCUT2D eigenvalue weighted by Crippen LogP contribution is -2.52. The van der Waals surface area contributed by atoms with Crippen LogP contribution >= 0.6 is 0 Å². The molecule has 5 rings (SSSR count). The number of esters is 1. The fraction of sp³-hybridized carbons (Fsp3) is 0.879. The highest BCUT2D eigenvalue weighted by Gasteiger charge is 2.68. The molecule has 3 saturated carbocycles. The molecule has 6 heteroatoms. The Bertz CT molecular complexity index is 979. The van der Waals surface area contributed by atoms with E-state index in [-0.39, 0.29) is 34.9 Å². The lowest BCUT2D eigenvalue weighted by atomic mass is 9.47. The zero-order chi connectivity index (χ0) is 28.2. The first-order chi connectivity index (χ1) is 18.4. The lowest BCUT2D eigenvalue weighted by Gasteiger charge is -2.58. The second kappa shape index (κ2) is 10.8. The average Bonchev–Trinajstić information content (AvgIpc) is 3.32. The Balaban J connectivity index is 1.31. The number of amides is 1. The molecule has 39 heavy (non-hydrogen) atoms. The SMILES string of the molecule is CCOC1(CCC(C)CNC(C)=O)O[C@H]2C[C@H]3[C@@H]4CC=C5C[C@H](OC(C)=O)CC[C@]5(C)[C@H]4CC[C@]3(C)[C@H]2[C@@H]1C. The van der Waals surface area contributed by atoms with Crippen LogP contribution in [0.5, 0.6) is 0 Å². The van der Waals surface area contributed by atoms with Crippen LogP contribution in [0, 0.1) is 46.3 Å². The van der Waals surface area contributed by atoms with Gasteiger partial charge in [-0.1, -0.05) is 39.3 Å². The molecule has 0 aromatic carbocycles. The second-order valence-electron chi connectivity index (χ2n) is 14.3. The van der Waals surface area contributed by atoms with Gasteiger partial charge in [-0.25, -0.2) is 0 Å². The highest BCUT2D eigenvalue weighted by molar-refractivity contribution is 5.72. The molecule has 1 N–H and O–H groups in total. The van der Waals surface area contributed by atoms with Crippen LogP contribution in [-0.4, -0.2) is 43.0 Å². The number of carbonyl (C=O) groups is 2. The summed E-state index contributed by atoms with van der Waals surface area (Å²) >= 11 is 0. The first-order valence-corrected chi connectivity index (χ1v) is 15.9. The summed E-state index contributed by atoms with van der Waals surface area (Å²) in [6.45, 7) is 16.3. The molecule has 4 fully saturated rings. The summed E-state index contributed by atoms with van der Waals surface area (Å²) in [4.78, 5) is 23.0. The number of nitrogens with one attached hydrogen (secondary N) is 1. The number of rotatable bonds is 8. The first kappa shape index (κ1) is 29.1. The summed E-state index contributed by atoms with van der Waals surface area (Å²) in [5.41, 5.74) is 2.07. The minimum absolute atomic E-state index is 0.0342. The highest BCUT2D eigenvalue weighted by Crippen LogP contribution is 2.70. The Kier molecular flexibility index (Phi) is 8.04. The predicted octanol–water partition coefficient (Wildman–Crippen LogP) is 6.43. The third kappa shape index (κ3) is 5.00. The van der Waals surface area contributed by atoms with Crippen molar-refractivity contribution < 1.29 is 23.8 Å². The second-order valence-corrected chi connectivity index (χ2v) is 14.3. The maximum atomic E-state index is 11.6. The van der Waals surface area contributed by atoms with Crippen LogP contribution in [0.4, 0.5) is 0 Å². The van der Waals surface area contributed by atoms with Crippen LogP contribution in [0.1, 0.15) is 106 Å². The normalized spacial score (nSPS) is 45.3. The van der Waals surface area contributed by atoms with Gasteiger partial charge in [0, 0.05) is 45.8 Å². The van der Waals surface area contributed by atoms with E-state index in [0.29, 0.717) is 48.7 Å². The molecule has 1 aliphatic heterocycles. The van der Waals surface area contributed by atoms with Gasteiger partial charge in [0.2, 0.25) is 5.91 Å². The third-order valence-corrected chi connectivity index (χ3v) is 12.1. The summed E-state index contributed by atoms with van der Waals surface area (Å²) in [6.07, 6.45) is 12.6. The zero-order valence-electron chi connectivity index (χ0n) is 25.5. The summed E-state index contributed by atoms with van der Waals surface area (Å²) < 4.78 is 19.2. The average molecular weight is 544 g/mol. The topological polar surface area (TPSA) is 73.9 Å². The predicted molar refractivity (Wildman–Crippen MR) is 152 cm³/mol. The van der Waals surface area contributed by atoms with E-state index in [1.165, 1.54) is 19.8 Å². The number of allylic oxidation sites excluding steroid dienone is 1. The summed E-state index contributed by atoms with van der Waals surface area (Å²) in [7, 11) is 0. The van der Waals surface area contributed by atoms with Gasteiger partial charge in [-0.2, -0.15) is 0 Å². The van der Waals surface area contributed by atoms with Crippen molar-refractivity contribution in [2.45, 2.75) is 124 Å². The first-order valence-electron chi connectivity index (χ1n) is 15.9. The maximum absolute atomic E-state index is 11.6. The van der Waals surface area contributed by atoms with E-state index in [9.17, 15) is 9.59 Å². The molecule has 5 aliphatic rings. The van der Waals surface area contributed by atoms with Crippen molar-refractivity contribution in [3.8, 4) is 0 Å². The van der Waals surface area contributed by atoms with E-state index in [1.54, 1.807) is 12.5 Å². The monoisotopic (exact) mass is 543 g/mol. The minimum Gasteiger partial charge on any atom is -0.462 e. The minimum atomic E-state index is -0.514. The lowest BCUT2D eigenvalue weighted by molar-refractivity contribution is -0.250. The summed E-state index contributed by atoms with van der Waals surface area (Å²) in [5.74, 6) is 2.76. The van der Waals surface area contributed by atoms with E-state index in [0.717, 1.165) is 44.9 Å². The molecule has 4 aliphatic carbocycles. The molecular formula is C33H53NO5. The van der Waals surface area contributed by atoms with Gasteiger partial charge in [0.1, 0.15) is 6.10 Å². The van der Waals surface area contributed by atoms with Gasteiger partial charge in [-0.3, -0.25) is 9.59 Å². The van der Waals surface area contributed by atoms with Crippen molar-refractivity contribution in [2.75, 3.05) is 13.2 Å². The molecule has 0 aromatic heterocycles. The number of hydrogen-bond donors (Lipinski definition) is 1. The fourth-order valence-corrected chi connectivity index (χ4v) is 10.3. The summed E-state index contributed by atoms with van der Waals surface area (Å²) in [6, 6.07) is 0. The Hall–Kier alpha value is -1.40. The standard InChI is InChI=1S/C33H53NO5/c1-8-37-33(16-11-20(2)19-34-22(4)35)21(3)30-29(39-33)18-28-26-10-9-24-17-25(38-23(5)36)12-14-31(24,6)27(26)13-15-32(28,30)7/h9,20-21,25-30H,8,10-19H2,1-7H3,(H,34,35)/t20?,21-,25+,26+,27-,28-,29-,30-,31-,32-,33?/m0/s1. The molecule has 0 spiro atoms. The third-order valence-electron chi connectivity index (χ3n) is 12.1. The van der Waals surface area contributed by atoms with Crippen molar-refractivity contribution in [1.29, 1.82) is 0 Å². The smallest absolute Gasteiger partial charge is 0.302 e. The molecule has 0 bridgehead atoms. The largest absolute Gasteiger partial charge is 0.462 e. The van der Waals surface area contributed by atoms with Crippen molar-refractivity contribution in [2.24, 2.45) is 46.3 Å². The Morgan fingerprint density at radius 2 is 1.95 bits per heavy atom. The van der Waals surface area contributed by atoms with Crippen LogP contribution in [0.15, 0.2) is 11.6 Å². The van der Waals surface area contributed by atoms with Gasteiger partial charge in [0.05, 0.1) is 6.10 Å².